The minimum Gasteiger partial charge on any atom is -0.311 e. The third kappa shape index (κ3) is 2.54. The highest BCUT2D eigenvalue weighted by atomic mass is 35.5. The van der Waals surface area contributed by atoms with E-state index in [9.17, 15) is 0 Å². The first-order chi connectivity index (χ1) is 9.54. The highest BCUT2D eigenvalue weighted by Crippen LogP contribution is 2.26. The van der Waals surface area contributed by atoms with Crippen LogP contribution in [0.3, 0.4) is 0 Å². The van der Waals surface area contributed by atoms with Crippen LogP contribution >= 0.6 is 11.6 Å². The van der Waals surface area contributed by atoms with Gasteiger partial charge in [-0.2, -0.15) is 0 Å². The molecule has 2 aromatic rings. The Hall–Kier alpha value is -1.13. The predicted octanol–water partition coefficient (Wildman–Crippen LogP) is 2.99. The molecule has 1 fully saturated rings. The SMILES string of the molecule is Cc1cnc2c(c1)nc(C(C)Cl)n2CC1CCN(C)C1. The fourth-order valence-corrected chi connectivity index (χ4v) is 3.21. The highest BCUT2D eigenvalue weighted by Gasteiger charge is 2.23. The maximum atomic E-state index is 6.31. The number of rotatable bonds is 3. The summed E-state index contributed by atoms with van der Waals surface area (Å²) >= 11 is 6.31. The second-order valence-corrected chi connectivity index (χ2v) is 6.62. The average molecular weight is 293 g/mol. The lowest BCUT2D eigenvalue weighted by molar-refractivity contribution is 0.377. The molecule has 4 nitrogen and oxygen atoms in total. The number of aryl methyl sites for hydroxylation is 1. The maximum Gasteiger partial charge on any atom is 0.160 e. The molecule has 2 atom stereocenters. The van der Waals surface area contributed by atoms with E-state index in [1.807, 2.05) is 20.0 Å². The van der Waals surface area contributed by atoms with Gasteiger partial charge in [0.2, 0.25) is 0 Å². The standard InChI is InChI=1S/C15H21ClN4/c1-10-6-13-15(17-7-10)20(14(18-13)11(2)16)9-12-4-5-19(3)8-12/h6-7,11-12H,4-5,8-9H2,1-3H3. The smallest absolute Gasteiger partial charge is 0.160 e. The van der Waals surface area contributed by atoms with Crippen molar-refractivity contribution in [3.05, 3.63) is 23.7 Å². The zero-order chi connectivity index (χ0) is 14.3. The van der Waals surface area contributed by atoms with E-state index in [2.05, 4.69) is 32.5 Å². The van der Waals surface area contributed by atoms with Crippen LogP contribution in [-0.2, 0) is 6.54 Å². The molecule has 1 saturated heterocycles. The molecule has 0 amide bonds. The van der Waals surface area contributed by atoms with Crippen LogP contribution in [0.25, 0.3) is 11.2 Å². The summed E-state index contributed by atoms with van der Waals surface area (Å²) in [5.41, 5.74) is 3.06. The molecule has 0 aromatic carbocycles. The summed E-state index contributed by atoms with van der Waals surface area (Å²) in [6.07, 6.45) is 3.14. The normalized spacial score (nSPS) is 21.7. The van der Waals surface area contributed by atoms with Crippen molar-refractivity contribution in [1.29, 1.82) is 0 Å². The number of hydrogen-bond donors (Lipinski definition) is 0. The summed E-state index contributed by atoms with van der Waals surface area (Å²) in [6.45, 7) is 7.30. The minimum atomic E-state index is -0.0939. The lowest BCUT2D eigenvalue weighted by Gasteiger charge is -2.15. The summed E-state index contributed by atoms with van der Waals surface area (Å²) in [6, 6.07) is 2.09. The topological polar surface area (TPSA) is 34.0 Å². The summed E-state index contributed by atoms with van der Waals surface area (Å²) in [5.74, 6) is 1.60. The number of fused-ring (bicyclic) bond motifs is 1. The fourth-order valence-electron chi connectivity index (χ4n) is 3.05. The van der Waals surface area contributed by atoms with Crippen LogP contribution in [0.5, 0.6) is 0 Å². The monoisotopic (exact) mass is 292 g/mol. The van der Waals surface area contributed by atoms with Gasteiger partial charge in [0, 0.05) is 19.3 Å². The van der Waals surface area contributed by atoms with Crippen molar-refractivity contribution in [2.24, 2.45) is 5.92 Å². The molecule has 1 aliphatic rings. The van der Waals surface area contributed by atoms with Crippen molar-refractivity contribution in [2.45, 2.75) is 32.2 Å². The van der Waals surface area contributed by atoms with Crippen molar-refractivity contribution in [3.8, 4) is 0 Å². The summed E-state index contributed by atoms with van der Waals surface area (Å²) < 4.78 is 2.22. The number of alkyl halides is 1. The average Bonchev–Trinajstić information content (AvgIpc) is 2.94. The summed E-state index contributed by atoms with van der Waals surface area (Å²) in [5, 5.41) is -0.0939. The number of likely N-dealkylation sites (tertiary alicyclic amines) is 1. The van der Waals surface area contributed by atoms with Crippen LogP contribution in [0.2, 0.25) is 0 Å². The van der Waals surface area contributed by atoms with Crippen molar-refractivity contribution >= 4 is 22.8 Å². The molecule has 2 aromatic heterocycles. The molecule has 108 valence electrons. The highest BCUT2D eigenvalue weighted by molar-refractivity contribution is 6.20. The molecular formula is C15H21ClN4. The van der Waals surface area contributed by atoms with Crippen LogP contribution in [0.4, 0.5) is 0 Å². The van der Waals surface area contributed by atoms with Gasteiger partial charge in [0.1, 0.15) is 11.3 Å². The Kier molecular flexibility index (Phi) is 3.69. The van der Waals surface area contributed by atoms with E-state index in [1.165, 1.54) is 13.0 Å². The Morgan fingerprint density at radius 2 is 2.30 bits per heavy atom. The predicted molar refractivity (Wildman–Crippen MR) is 82.1 cm³/mol. The van der Waals surface area contributed by atoms with E-state index in [1.54, 1.807) is 0 Å². The maximum absolute atomic E-state index is 6.31. The Balaban J connectivity index is 2.00. The van der Waals surface area contributed by atoms with Crippen molar-refractivity contribution in [1.82, 2.24) is 19.4 Å². The molecule has 0 saturated carbocycles. The Morgan fingerprint density at radius 3 is 2.95 bits per heavy atom. The molecule has 3 rings (SSSR count). The number of aromatic nitrogens is 3. The molecule has 0 spiro atoms. The second-order valence-electron chi connectivity index (χ2n) is 5.97. The van der Waals surface area contributed by atoms with Crippen LogP contribution < -0.4 is 0 Å². The van der Waals surface area contributed by atoms with E-state index < -0.39 is 0 Å². The van der Waals surface area contributed by atoms with Crippen LogP contribution in [0.15, 0.2) is 12.3 Å². The number of imidazole rings is 1. The van der Waals surface area contributed by atoms with Gasteiger partial charge in [-0.1, -0.05) is 0 Å². The lowest BCUT2D eigenvalue weighted by atomic mass is 10.1. The first-order valence-corrected chi connectivity index (χ1v) is 7.63. The van der Waals surface area contributed by atoms with Crippen molar-refractivity contribution in [3.63, 3.8) is 0 Å². The van der Waals surface area contributed by atoms with Crippen molar-refractivity contribution < 1.29 is 0 Å². The molecule has 0 radical (unpaired) electrons. The molecule has 0 N–H and O–H groups in total. The van der Waals surface area contributed by atoms with E-state index in [-0.39, 0.29) is 5.38 Å². The molecule has 1 aliphatic heterocycles. The minimum absolute atomic E-state index is 0.0939. The van der Waals surface area contributed by atoms with Gasteiger partial charge in [0.05, 0.1) is 5.38 Å². The second kappa shape index (κ2) is 5.34. The van der Waals surface area contributed by atoms with Crippen LogP contribution in [0, 0.1) is 12.8 Å². The Morgan fingerprint density at radius 1 is 1.50 bits per heavy atom. The van der Waals surface area contributed by atoms with Gasteiger partial charge in [-0.3, -0.25) is 0 Å². The van der Waals surface area contributed by atoms with Gasteiger partial charge in [-0.15, -0.1) is 11.6 Å². The van der Waals surface area contributed by atoms with E-state index in [4.69, 9.17) is 11.6 Å². The van der Waals surface area contributed by atoms with Gasteiger partial charge < -0.3 is 9.47 Å². The molecule has 20 heavy (non-hydrogen) atoms. The first kappa shape index (κ1) is 13.8. The number of nitrogens with zero attached hydrogens (tertiary/aromatic N) is 4. The molecule has 0 aliphatic carbocycles. The summed E-state index contributed by atoms with van der Waals surface area (Å²) in [4.78, 5) is 11.6. The lowest BCUT2D eigenvalue weighted by Crippen LogP contribution is -2.18. The molecule has 0 bridgehead atoms. The molecule has 3 heterocycles. The van der Waals surface area contributed by atoms with Crippen molar-refractivity contribution in [2.75, 3.05) is 20.1 Å². The van der Waals surface area contributed by atoms with Crippen LogP contribution in [0.1, 0.15) is 30.1 Å². The number of halogens is 1. The van der Waals surface area contributed by atoms with Gasteiger partial charge in [-0.05, 0) is 51.4 Å². The van der Waals surface area contributed by atoms with E-state index in [0.29, 0.717) is 5.92 Å². The quantitative estimate of drug-likeness (QED) is 0.816. The fraction of sp³-hybridized carbons (Fsp3) is 0.600. The number of hydrogen-bond acceptors (Lipinski definition) is 3. The van der Waals surface area contributed by atoms with Crippen LogP contribution in [-0.4, -0.2) is 39.6 Å². The van der Waals surface area contributed by atoms with Gasteiger partial charge in [0.15, 0.2) is 5.65 Å². The third-order valence-corrected chi connectivity index (χ3v) is 4.23. The third-order valence-electron chi connectivity index (χ3n) is 4.04. The van der Waals surface area contributed by atoms with Gasteiger partial charge >= 0.3 is 0 Å². The molecule has 2 unspecified atom stereocenters. The molecular weight excluding hydrogens is 272 g/mol. The van der Waals surface area contributed by atoms with E-state index >= 15 is 0 Å². The summed E-state index contributed by atoms with van der Waals surface area (Å²) in [7, 11) is 2.18. The molecule has 5 heteroatoms. The Labute approximate surface area is 124 Å². The largest absolute Gasteiger partial charge is 0.311 e. The van der Waals surface area contributed by atoms with E-state index in [0.717, 1.165) is 35.6 Å². The first-order valence-electron chi connectivity index (χ1n) is 7.20. The van der Waals surface area contributed by atoms with Gasteiger partial charge in [0.25, 0.3) is 0 Å². The van der Waals surface area contributed by atoms with Gasteiger partial charge in [-0.25, -0.2) is 9.97 Å². The Bertz CT molecular complexity index is 620. The zero-order valence-corrected chi connectivity index (χ0v) is 13.1. The number of pyridine rings is 1. The zero-order valence-electron chi connectivity index (χ0n) is 12.3.